The van der Waals surface area contributed by atoms with Gasteiger partial charge in [-0.15, -0.1) is 0 Å². The first-order valence-corrected chi connectivity index (χ1v) is 9.76. The Balaban J connectivity index is 1.35. The molecule has 5 heteroatoms. The summed E-state index contributed by atoms with van der Waals surface area (Å²) < 4.78 is 6.03. The Morgan fingerprint density at radius 1 is 1.31 bits per heavy atom. The van der Waals surface area contributed by atoms with Gasteiger partial charge >= 0.3 is 0 Å². The van der Waals surface area contributed by atoms with Crippen LogP contribution in [0.25, 0.3) is 0 Å². The molecule has 0 N–H and O–H groups in total. The summed E-state index contributed by atoms with van der Waals surface area (Å²) in [5.74, 6) is 1.02. The van der Waals surface area contributed by atoms with Gasteiger partial charge in [0.1, 0.15) is 0 Å². The SMILES string of the molecule is CN1C[C@H](COCc2ccccn2)[C@]2(CCN(C(=O)C3CC=CC3)C2)C1. The van der Waals surface area contributed by atoms with E-state index in [2.05, 4.69) is 34.0 Å². The number of nitrogens with zero attached hydrogens (tertiary/aromatic N) is 3. The molecule has 0 unspecified atom stereocenters. The number of aromatic nitrogens is 1. The van der Waals surface area contributed by atoms with E-state index in [1.165, 1.54) is 0 Å². The molecular formula is C21H29N3O2. The standard InChI is InChI=1S/C21H29N3O2/c1-23-12-18(13-26-14-19-8-4-5-10-22-19)21(15-23)9-11-24(16-21)20(25)17-6-2-3-7-17/h2-5,8,10,17-18H,6-7,9,11-16H2,1H3/t18-,21-/m1/s1. The molecule has 0 radical (unpaired) electrons. The summed E-state index contributed by atoms with van der Waals surface area (Å²) in [7, 11) is 2.19. The molecule has 1 spiro atoms. The van der Waals surface area contributed by atoms with E-state index in [-0.39, 0.29) is 11.3 Å². The van der Waals surface area contributed by atoms with Gasteiger partial charge in [-0.3, -0.25) is 9.78 Å². The van der Waals surface area contributed by atoms with E-state index < -0.39 is 0 Å². The average molecular weight is 355 g/mol. The van der Waals surface area contributed by atoms with Crippen LogP contribution >= 0.6 is 0 Å². The Labute approximate surface area is 156 Å². The molecule has 5 nitrogen and oxygen atoms in total. The third-order valence-electron chi connectivity index (χ3n) is 6.33. The summed E-state index contributed by atoms with van der Waals surface area (Å²) in [5, 5.41) is 0. The molecule has 26 heavy (non-hydrogen) atoms. The molecule has 0 saturated carbocycles. The highest BCUT2D eigenvalue weighted by Gasteiger charge is 2.50. The Bertz CT molecular complexity index is 654. The number of carbonyl (C=O) groups excluding carboxylic acids is 1. The van der Waals surface area contributed by atoms with Crippen LogP contribution < -0.4 is 0 Å². The highest BCUT2D eigenvalue weighted by Crippen LogP contribution is 2.44. The van der Waals surface area contributed by atoms with E-state index in [0.29, 0.717) is 18.4 Å². The summed E-state index contributed by atoms with van der Waals surface area (Å²) in [5.41, 5.74) is 1.17. The first kappa shape index (κ1) is 17.7. The normalized spacial score (nSPS) is 29.3. The zero-order valence-corrected chi connectivity index (χ0v) is 15.6. The molecule has 3 heterocycles. The van der Waals surface area contributed by atoms with Gasteiger partial charge in [0.25, 0.3) is 0 Å². The average Bonchev–Trinajstić information content (AvgIpc) is 3.37. The van der Waals surface area contributed by atoms with Crippen LogP contribution in [0, 0.1) is 17.3 Å². The maximum atomic E-state index is 12.8. The second kappa shape index (κ2) is 7.49. The molecule has 1 aromatic rings. The first-order chi connectivity index (χ1) is 12.7. The summed E-state index contributed by atoms with van der Waals surface area (Å²) in [4.78, 5) is 21.7. The van der Waals surface area contributed by atoms with Crippen molar-refractivity contribution in [1.29, 1.82) is 0 Å². The van der Waals surface area contributed by atoms with Crippen LogP contribution in [0.5, 0.6) is 0 Å². The fraction of sp³-hybridized carbons (Fsp3) is 0.619. The molecule has 2 aliphatic heterocycles. The molecule has 3 aliphatic rings. The number of likely N-dealkylation sites (tertiary alicyclic amines) is 2. The van der Waals surface area contributed by atoms with Crippen molar-refractivity contribution in [3.8, 4) is 0 Å². The van der Waals surface area contributed by atoms with Crippen molar-refractivity contribution < 1.29 is 9.53 Å². The van der Waals surface area contributed by atoms with Gasteiger partial charge in [0, 0.05) is 49.6 Å². The zero-order chi connectivity index (χ0) is 18.0. The zero-order valence-electron chi connectivity index (χ0n) is 15.6. The van der Waals surface area contributed by atoms with E-state index in [1.54, 1.807) is 0 Å². The lowest BCUT2D eigenvalue weighted by atomic mass is 9.77. The van der Waals surface area contributed by atoms with E-state index in [1.807, 2.05) is 24.4 Å². The van der Waals surface area contributed by atoms with Crippen molar-refractivity contribution in [2.45, 2.75) is 25.9 Å². The van der Waals surface area contributed by atoms with Crippen LogP contribution in [0.15, 0.2) is 36.5 Å². The lowest BCUT2D eigenvalue weighted by molar-refractivity contribution is -0.134. The van der Waals surface area contributed by atoms with Crippen molar-refractivity contribution in [1.82, 2.24) is 14.8 Å². The molecular weight excluding hydrogens is 326 g/mol. The minimum Gasteiger partial charge on any atom is -0.375 e. The number of rotatable bonds is 5. The van der Waals surface area contributed by atoms with Crippen LogP contribution in [0.2, 0.25) is 0 Å². The Morgan fingerprint density at radius 3 is 2.92 bits per heavy atom. The van der Waals surface area contributed by atoms with Crippen molar-refractivity contribution in [2.75, 3.05) is 39.8 Å². The smallest absolute Gasteiger partial charge is 0.226 e. The number of carbonyl (C=O) groups is 1. The van der Waals surface area contributed by atoms with Crippen LogP contribution in [-0.2, 0) is 16.1 Å². The molecule has 2 atom stereocenters. The summed E-state index contributed by atoms with van der Waals surface area (Å²) in [6.45, 7) is 5.22. The Morgan fingerprint density at radius 2 is 2.15 bits per heavy atom. The quantitative estimate of drug-likeness (QED) is 0.761. The van der Waals surface area contributed by atoms with Gasteiger partial charge in [0.05, 0.1) is 18.9 Å². The third-order valence-corrected chi connectivity index (χ3v) is 6.33. The topological polar surface area (TPSA) is 45.7 Å². The third kappa shape index (κ3) is 3.55. The first-order valence-electron chi connectivity index (χ1n) is 9.76. The monoisotopic (exact) mass is 355 g/mol. The number of allylic oxidation sites excluding steroid dienone is 2. The van der Waals surface area contributed by atoms with Crippen molar-refractivity contribution in [3.63, 3.8) is 0 Å². The fourth-order valence-corrected chi connectivity index (χ4v) is 4.94. The maximum absolute atomic E-state index is 12.8. The molecule has 4 rings (SSSR count). The van der Waals surface area contributed by atoms with Crippen molar-refractivity contribution >= 4 is 5.91 Å². The van der Waals surface area contributed by atoms with E-state index in [9.17, 15) is 4.79 Å². The highest BCUT2D eigenvalue weighted by molar-refractivity contribution is 5.80. The number of hydrogen-bond donors (Lipinski definition) is 0. The van der Waals surface area contributed by atoms with Gasteiger partial charge < -0.3 is 14.5 Å². The van der Waals surface area contributed by atoms with Gasteiger partial charge in [-0.25, -0.2) is 0 Å². The van der Waals surface area contributed by atoms with E-state index in [4.69, 9.17) is 4.74 Å². The number of ether oxygens (including phenoxy) is 1. The number of amides is 1. The molecule has 1 aromatic heterocycles. The highest BCUT2D eigenvalue weighted by atomic mass is 16.5. The molecule has 0 bridgehead atoms. The predicted molar refractivity (Wildman–Crippen MR) is 100 cm³/mol. The lowest BCUT2D eigenvalue weighted by Crippen LogP contribution is -2.39. The van der Waals surface area contributed by atoms with Crippen LogP contribution in [-0.4, -0.2) is 60.5 Å². The Hall–Kier alpha value is -1.72. The molecule has 1 amide bonds. The minimum absolute atomic E-state index is 0.183. The lowest BCUT2D eigenvalue weighted by Gasteiger charge is -2.31. The second-order valence-electron chi connectivity index (χ2n) is 8.24. The Kier molecular flexibility index (Phi) is 5.09. The molecule has 1 aliphatic carbocycles. The van der Waals surface area contributed by atoms with Crippen molar-refractivity contribution in [3.05, 3.63) is 42.2 Å². The summed E-state index contributed by atoms with van der Waals surface area (Å²) in [6, 6.07) is 5.92. The van der Waals surface area contributed by atoms with Crippen LogP contribution in [0.4, 0.5) is 0 Å². The van der Waals surface area contributed by atoms with Crippen LogP contribution in [0.3, 0.4) is 0 Å². The molecule has 2 fully saturated rings. The summed E-state index contributed by atoms with van der Waals surface area (Å²) in [6.07, 6.45) is 9.03. The molecule has 0 aromatic carbocycles. The summed E-state index contributed by atoms with van der Waals surface area (Å²) >= 11 is 0. The van der Waals surface area contributed by atoms with Gasteiger partial charge in [-0.2, -0.15) is 0 Å². The minimum atomic E-state index is 0.183. The maximum Gasteiger partial charge on any atom is 0.226 e. The molecule has 2 saturated heterocycles. The van der Waals surface area contributed by atoms with Crippen molar-refractivity contribution in [2.24, 2.45) is 17.3 Å². The predicted octanol–water partition coefficient (Wildman–Crippen LogP) is 2.34. The van der Waals surface area contributed by atoms with Gasteiger partial charge in [0.15, 0.2) is 0 Å². The fourth-order valence-electron chi connectivity index (χ4n) is 4.94. The van der Waals surface area contributed by atoms with Gasteiger partial charge in [-0.1, -0.05) is 18.2 Å². The van der Waals surface area contributed by atoms with Gasteiger partial charge in [0.2, 0.25) is 5.91 Å². The number of hydrogen-bond acceptors (Lipinski definition) is 4. The second-order valence-corrected chi connectivity index (χ2v) is 8.24. The van der Waals surface area contributed by atoms with Crippen LogP contribution in [0.1, 0.15) is 25.0 Å². The van der Waals surface area contributed by atoms with E-state index >= 15 is 0 Å². The van der Waals surface area contributed by atoms with E-state index in [0.717, 1.165) is 57.7 Å². The molecule has 140 valence electrons. The largest absolute Gasteiger partial charge is 0.375 e. The number of pyridine rings is 1. The van der Waals surface area contributed by atoms with Gasteiger partial charge in [-0.05, 0) is 38.4 Å².